The van der Waals surface area contributed by atoms with E-state index in [0.717, 1.165) is 6.07 Å². The van der Waals surface area contributed by atoms with Crippen LogP contribution in [0.5, 0.6) is 0 Å². The van der Waals surface area contributed by atoms with E-state index in [1.807, 2.05) is 6.92 Å². The molecule has 5 nitrogen and oxygen atoms in total. The molecule has 0 unspecified atom stereocenters. The highest BCUT2D eigenvalue weighted by Gasteiger charge is 2.15. The van der Waals surface area contributed by atoms with E-state index in [1.54, 1.807) is 6.07 Å². The van der Waals surface area contributed by atoms with Gasteiger partial charge in [0.05, 0.1) is 10.2 Å². The lowest BCUT2D eigenvalue weighted by Gasteiger charge is -2.09. The lowest BCUT2D eigenvalue weighted by Crippen LogP contribution is -2.13. The second-order valence-electron chi connectivity index (χ2n) is 4.14. The molecule has 112 valence electrons. The van der Waals surface area contributed by atoms with Crippen LogP contribution in [0.15, 0.2) is 45.9 Å². The van der Waals surface area contributed by atoms with Crippen molar-refractivity contribution in [3.63, 3.8) is 0 Å². The van der Waals surface area contributed by atoms with Gasteiger partial charge >= 0.3 is 0 Å². The molecule has 0 saturated carbocycles. The molecule has 1 heterocycles. The van der Waals surface area contributed by atoms with Crippen LogP contribution in [0.3, 0.4) is 0 Å². The van der Waals surface area contributed by atoms with E-state index in [4.69, 9.17) is 0 Å². The predicted molar refractivity (Wildman–Crippen MR) is 83.3 cm³/mol. The average molecular weight is 374 g/mol. The number of hydrogen-bond donors (Lipinski definition) is 2. The Bertz CT molecular complexity index is 736. The van der Waals surface area contributed by atoms with Crippen LogP contribution in [-0.2, 0) is 10.0 Å². The molecule has 0 atom stereocenters. The van der Waals surface area contributed by atoms with Gasteiger partial charge in [-0.1, -0.05) is 0 Å². The number of aromatic nitrogens is 1. The van der Waals surface area contributed by atoms with Gasteiger partial charge in [-0.25, -0.2) is 17.8 Å². The van der Waals surface area contributed by atoms with Gasteiger partial charge in [0, 0.05) is 12.7 Å². The SMILES string of the molecule is CCNc1ccc(S(=O)(=O)Nc2ccc(Br)c(F)c2)cn1. The molecular weight excluding hydrogens is 361 g/mol. The highest BCUT2D eigenvalue weighted by molar-refractivity contribution is 9.10. The van der Waals surface area contributed by atoms with Crippen LogP contribution in [0.2, 0.25) is 0 Å². The van der Waals surface area contributed by atoms with Crippen LogP contribution in [-0.4, -0.2) is 19.9 Å². The van der Waals surface area contributed by atoms with Crippen LogP contribution >= 0.6 is 15.9 Å². The van der Waals surface area contributed by atoms with Crippen molar-refractivity contribution in [1.29, 1.82) is 0 Å². The number of sulfonamides is 1. The maximum absolute atomic E-state index is 13.4. The topological polar surface area (TPSA) is 71.1 Å². The minimum Gasteiger partial charge on any atom is -0.370 e. The van der Waals surface area contributed by atoms with Crippen molar-refractivity contribution in [3.8, 4) is 0 Å². The second kappa shape index (κ2) is 6.40. The number of halogens is 2. The summed E-state index contributed by atoms with van der Waals surface area (Å²) < 4.78 is 40.3. The third kappa shape index (κ3) is 3.92. The largest absolute Gasteiger partial charge is 0.370 e. The predicted octanol–water partition coefficient (Wildman–Crippen LogP) is 3.22. The number of anilines is 2. The molecule has 8 heteroatoms. The summed E-state index contributed by atoms with van der Waals surface area (Å²) in [6.07, 6.45) is 1.25. The van der Waals surface area contributed by atoms with Crippen molar-refractivity contribution < 1.29 is 12.8 Å². The van der Waals surface area contributed by atoms with Gasteiger partial charge in [-0.3, -0.25) is 4.72 Å². The van der Waals surface area contributed by atoms with Crippen LogP contribution in [0.25, 0.3) is 0 Å². The second-order valence-corrected chi connectivity index (χ2v) is 6.68. The molecule has 21 heavy (non-hydrogen) atoms. The summed E-state index contributed by atoms with van der Waals surface area (Å²) in [5.74, 6) is 0.0435. The summed E-state index contributed by atoms with van der Waals surface area (Å²) in [4.78, 5) is 4.00. The van der Waals surface area contributed by atoms with Gasteiger partial charge < -0.3 is 5.32 Å². The first kappa shape index (κ1) is 15.7. The van der Waals surface area contributed by atoms with Gasteiger partial charge in [-0.2, -0.15) is 0 Å². The van der Waals surface area contributed by atoms with Crippen LogP contribution < -0.4 is 10.0 Å². The van der Waals surface area contributed by atoms with Gasteiger partial charge in [-0.15, -0.1) is 0 Å². The number of hydrogen-bond acceptors (Lipinski definition) is 4. The molecule has 2 aromatic rings. The fourth-order valence-electron chi connectivity index (χ4n) is 1.60. The van der Waals surface area contributed by atoms with Gasteiger partial charge in [-0.05, 0) is 53.2 Å². The van der Waals surface area contributed by atoms with E-state index in [1.165, 1.54) is 24.4 Å². The average Bonchev–Trinajstić information content (AvgIpc) is 2.44. The van der Waals surface area contributed by atoms with Gasteiger partial charge in [0.15, 0.2) is 0 Å². The summed E-state index contributed by atoms with van der Waals surface area (Å²) >= 11 is 3.01. The summed E-state index contributed by atoms with van der Waals surface area (Å²) in [7, 11) is -3.80. The molecule has 0 bridgehead atoms. The molecule has 0 saturated heterocycles. The molecule has 2 rings (SSSR count). The van der Waals surface area contributed by atoms with Crippen molar-refractivity contribution in [2.75, 3.05) is 16.6 Å². The summed E-state index contributed by atoms with van der Waals surface area (Å²) in [5, 5.41) is 2.97. The van der Waals surface area contributed by atoms with E-state index in [0.29, 0.717) is 12.4 Å². The Morgan fingerprint density at radius 1 is 1.29 bits per heavy atom. The van der Waals surface area contributed by atoms with E-state index < -0.39 is 15.8 Å². The quantitative estimate of drug-likeness (QED) is 0.843. The smallest absolute Gasteiger partial charge is 0.263 e. The van der Waals surface area contributed by atoms with E-state index in [2.05, 4.69) is 31.0 Å². The van der Waals surface area contributed by atoms with Gasteiger partial charge in [0.1, 0.15) is 16.5 Å². The Kier molecular flexibility index (Phi) is 4.79. The first-order valence-corrected chi connectivity index (χ1v) is 8.38. The highest BCUT2D eigenvalue weighted by Crippen LogP contribution is 2.22. The van der Waals surface area contributed by atoms with Crippen molar-refractivity contribution in [1.82, 2.24) is 4.98 Å². The van der Waals surface area contributed by atoms with Crippen LogP contribution in [0, 0.1) is 5.82 Å². The molecule has 2 N–H and O–H groups in total. The normalized spacial score (nSPS) is 11.2. The van der Waals surface area contributed by atoms with Crippen LogP contribution in [0.1, 0.15) is 6.92 Å². The molecular formula is C13H13BrFN3O2S. The zero-order chi connectivity index (χ0) is 15.5. The van der Waals surface area contributed by atoms with Gasteiger partial charge in [0.2, 0.25) is 0 Å². The lowest BCUT2D eigenvalue weighted by atomic mass is 10.3. The molecule has 0 amide bonds. The van der Waals surface area contributed by atoms with Crippen LogP contribution in [0.4, 0.5) is 15.9 Å². The summed E-state index contributed by atoms with van der Waals surface area (Å²) in [5.41, 5.74) is 0.145. The van der Waals surface area contributed by atoms with Crippen molar-refractivity contribution in [3.05, 3.63) is 46.8 Å². The van der Waals surface area contributed by atoms with Gasteiger partial charge in [0.25, 0.3) is 10.0 Å². The summed E-state index contributed by atoms with van der Waals surface area (Å²) in [6.45, 7) is 2.60. The monoisotopic (exact) mass is 373 g/mol. The number of rotatable bonds is 5. The fraction of sp³-hybridized carbons (Fsp3) is 0.154. The molecule has 0 aliphatic heterocycles. The maximum atomic E-state index is 13.4. The van der Waals surface area contributed by atoms with Crippen molar-refractivity contribution >= 4 is 37.5 Å². The molecule has 0 spiro atoms. The number of benzene rings is 1. The number of nitrogens with one attached hydrogen (secondary N) is 2. The number of pyridine rings is 1. The summed E-state index contributed by atoms with van der Waals surface area (Å²) in [6, 6.07) is 7.00. The Hall–Kier alpha value is -1.67. The molecule has 0 radical (unpaired) electrons. The molecule has 0 aliphatic carbocycles. The fourth-order valence-corrected chi connectivity index (χ4v) is 2.84. The van der Waals surface area contributed by atoms with Crippen molar-refractivity contribution in [2.45, 2.75) is 11.8 Å². The van der Waals surface area contributed by atoms with E-state index in [-0.39, 0.29) is 15.1 Å². The first-order valence-electron chi connectivity index (χ1n) is 6.10. The van der Waals surface area contributed by atoms with E-state index >= 15 is 0 Å². The third-order valence-corrected chi connectivity index (χ3v) is 4.59. The van der Waals surface area contributed by atoms with E-state index in [9.17, 15) is 12.8 Å². The highest BCUT2D eigenvalue weighted by atomic mass is 79.9. The molecule has 0 fully saturated rings. The maximum Gasteiger partial charge on any atom is 0.263 e. The minimum absolute atomic E-state index is 0.00693. The standard InChI is InChI=1S/C13H13BrFN3O2S/c1-2-16-13-6-4-10(8-17-13)21(19,20)18-9-3-5-11(14)12(15)7-9/h3-8,18H,2H2,1H3,(H,16,17). The zero-order valence-electron chi connectivity index (χ0n) is 11.1. The third-order valence-electron chi connectivity index (χ3n) is 2.58. The number of nitrogens with zero attached hydrogens (tertiary/aromatic N) is 1. The molecule has 1 aromatic carbocycles. The Labute approximate surface area is 130 Å². The Balaban J connectivity index is 2.23. The van der Waals surface area contributed by atoms with Crippen molar-refractivity contribution in [2.24, 2.45) is 0 Å². The zero-order valence-corrected chi connectivity index (χ0v) is 13.5. The molecule has 1 aromatic heterocycles. The molecule has 0 aliphatic rings. The Morgan fingerprint density at radius 3 is 2.62 bits per heavy atom. The minimum atomic E-state index is -3.80. The first-order chi connectivity index (χ1) is 9.92. The lowest BCUT2D eigenvalue weighted by molar-refractivity contribution is 0.600. The Morgan fingerprint density at radius 2 is 2.05 bits per heavy atom.